The number of nitrogens with zero attached hydrogens (tertiary/aromatic N) is 1. The van der Waals surface area contributed by atoms with Crippen molar-refractivity contribution in [2.75, 3.05) is 7.11 Å². The second kappa shape index (κ2) is 9.56. The van der Waals surface area contributed by atoms with Crippen LogP contribution in [0.1, 0.15) is 40.4 Å². The van der Waals surface area contributed by atoms with Crippen LogP contribution in [0.25, 0.3) is 22.5 Å². The van der Waals surface area contributed by atoms with E-state index in [2.05, 4.69) is 46.7 Å². The number of H-pyrrole nitrogens is 1. The topological polar surface area (TPSA) is 67.0 Å². The van der Waals surface area contributed by atoms with Gasteiger partial charge in [0, 0.05) is 28.3 Å². The van der Waals surface area contributed by atoms with Gasteiger partial charge in [-0.25, -0.2) is 0 Å². The summed E-state index contributed by atoms with van der Waals surface area (Å²) in [7, 11) is 1.69. The highest BCUT2D eigenvalue weighted by molar-refractivity contribution is 5.95. The van der Waals surface area contributed by atoms with Gasteiger partial charge in [0.05, 0.1) is 18.5 Å². The Balaban J connectivity index is 1.27. The first-order valence-corrected chi connectivity index (χ1v) is 11.8. The Morgan fingerprint density at radius 3 is 2.62 bits per heavy atom. The van der Waals surface area contributed by atoms with Crippen LogP contribution in [0.5, 0.6) is 5.75 Å². The van der Waals surface area contributed by atoms with Crippen molar-refractivity contribution in [1.29, 1.82) is 0 Å². The number of amides is 1. The van der Waals surface area contributed by atoms with Crippen molar-refractivity contribution in [1.82, 2.24) is 15.5 Å². The Bertz CT molecular complexity index is 1290. The first-order valence-electron chi connectivity index (χ1n) is 11.8. The fourth-order valence-electron chi connectivity index (χ4n) is 4.66. The molecular formula is C29H29N3O2. The van der Waals surface area contributed by atoms with Crippen LogP contribution in [0.3, 0.4) is 0 Å². The van der Waals surface area contributed by atoms with E-state index in [1.807, 2.05) is 48.5 Å². The molecule has 1 aliphatic rings. The maximum absolute atomic E-state index is 12.7. The number of aromatic amines is 1. The molecule has 2 N–H and O–H groups in total. The van der Waals surface area contributed by atoms with Crippen LogP contribution >= 0.6 is 0 Å². The summed E-state index contributed by atoms with van der Waals surface area (Å²) in [5.41, 5.74) is 8.69. The highest BCUT2D eigenvalue weighted by Crippen LogP contribution is 2.38. The van der Waals surface area contributed by atoms with Gasteiger partial charge in [0.1, 0.15) is 5.75 Å². The van der Waals surface area contributed by atoms with E-state index in [9.17, 15) is 4.79 Å². The van der Waals surface area contributed by atoms with Gasteiger partial charge >= 0.3 is 0 Å². The Hall–Kier alpha value is -3.86. The summed E-state index contributed by atoms with van der Waals surface area (Å²) in [4.78, 5) is 12.7. The number of nitrogens with one attached hydrogen (secondary N) is 2. The third kappa shape index (κ3) is 4.46. The highest BCUT2D eigenvalue weighted by Gasteiger charge is 2.23. The first-order chi connectivity index (χ1) is 16.6. The normalized spacial score (nSPS) is 13.0. The molecule has 1 aromatic heterocycles. The largest absolute Gasteiger partial charge is 0.497 e. The van der Waals surface area contributed by atoms with E-state index in [1.165, 1.54) is 22.3 Å². The van der Waals surface area contributed by atoms with Gasteiger partial charge in [-0.05, 0) is 74.1 Å². The molecule has 0 aliphatic heterocycles. The molecule has 4 aromatic rings. The van der Waals surface area contributed by atoms with Crippen molar-refractivity contribution < 1.29 is 9.53 Å². The second-order valence-corrected chi connectivity index (χ2v) is 8.92. The number of aryl methyl sites for hydroxylation is 2. The monoisotopic (exact) mass is 451 g/mol. The number of rotatable bonds is 7. The molecule has 5 nitrogen and oxygen atoms in total. The fraction of sp³-hybridized carbons (Fsp3) is 0.241. The van der Waals surface area contributed by atoms with Crippen molar-refractivity contribution >= 4 is 5.91 Å². The smallest absolute Gasteiger partial charge is 0.251 e. The number of aromatic nitrogens is 2. The minimum absolute atomic E-state index is 0.0426. The van der Waals surface area contributed by atoms with Crippen LogP contribution in [-0.2, 0) is 19.3 Å². The summed E-state index contributed by atoms with van der Waals surface area (Å²) in [6, 6.07) is 24.4. The summed E-state index contributed by atoms with van der Waals surface area (Å²) in [6.07, 6.45) is 3.72. The van der Waals surface area contributed by atoms with Crippen LogP contribution in [0, 0.1) is 0 Å². The van der Waals surface area contributed by atoms with E-state index in [-0.39, 0.29) is 11.9 Å². The molecule has 0 fully saturated rings. The zero-order valence-electron chi connectivity index (χ0n) is 19.6. The molecule has 1 aliphatic carbocycles. The molecule has 3 aromatic carbocycles. The molecule has 1 amide bonds. The van der Waals surface area contributed by atoms with Gasteiger partial charge in [-0.1, -0.05) is 42.5 Å². The van der Waals surface area contributed by atoms with Crippen LogP contribution in [0.15, 0.2) is 72.8 Å². The molecular weight excluding hydrogens is 422 g/mol. The van der Waals surface area contributed by atoms with Gasteiger partial charge in [0.15, 0.2) is 0 Å². The summed E-state index contributed by atoms with van der Waals surface area (Å²) in [5.74, 6) is 0.837. The predicted octanol–water partition coefficient (Wildman–Crippen LogP) is 5.60. The minimum atomic E-state index is -0.0426. The average molecular weight is 452 g/mol. The van der Waals surface area contributed by atoms with E-state index in [0.717, 1.165) is 48.4 Å². The summed E-state index contributed by atoms with van der Waals surface area (Å²) < 4.78 is 5.37. The molecule has 5 rings (SSSR count). The zero-order chi connectivity index (χ0) is 23.5. The Morgan fingerprint density at radius 1 is 1.06 bits per heavy atom. The van der Waals surface area contributed by atoms with Gasteiger partial charge in [-0.2, -0.15) is 5.10 Å². The average Bonchev–Trinajstić information content (AvgIpc) is 3.32. The molecule has 0 radical (unpaired) electrons. The van der Waals surface area contributed by atoms with Gasteiger partial charge < -0.3 is 10.1 Å². The highest BCUT2D eigenvalue weighted by atomic mass is 16.5. The number of carbonyl (C=O) groups excluding carboxylic acids is 1. The maximum Gasteiger partial charge on any atom is 0.251 e. The molecule has 0 spiro atoms. The number of hydrogen-bond acceptors (Lipinski definition) is 3. The molecule has 0 saturated heterocycles. The third-order valence-electron chi connectivity index (χ3n) is 6.60. The Kier molecular flexibility index (Phi) is 6.17. The van der Waals surface area contributed by atoms with Crippen molar-refractivity contribution in [3.63, 3.8) is 0 Å². The molecule has 5 heteroatoms. The van der Waals surface area contributed by atoms with Gasteiger partial charge in [-0.15, -0.1) is 0 Å². The summed E-state index contributed by atoms with van der Waals surface area (Å²) >= 11 is 0. The predicted molar refractivity (Wildman–Crippen MR) is 135 cm³/mol. The van der Waals surface area contributed by atoms with E-state index in [4.69, 9.17) is 4.74 Å². The van der Waals surface area contributed by atoms with Gasteiger partial charge in [0.2, 0.25) is 0 Å². The third-order valence-corrected chi connectivity index (χ3v) is 6.60. The van der Waals surface area contributed by atoms with Crippen LogP contribution in [0.4, 0.5) is 0 Å². The molecule has 0 unspecified atom stereocenters. The van der Waals surface area contributed by atoms with Crippen LogP contribution in [0.2, 0.25) is 0 Å². The van der Waals surface area contributed by atoms with Crippen molar-refractivity contribution in [3.8, 4) is 28.3 Å². The molecule has 0 bridgehead atoms. The lowest BCUT2D eigenvalue weighted by atomic mass is 9.87. The van der Waals surface area contributed by atoms with Crippen molar-refractivity contribution in [2.24, 2.45) is 0 Å². The van der Waals surface area contributed by atoms with Crippen LogP contribution < -0.4 is 10.1 Å². The Labute approximate surface area is 200 Å². The van der Waals surface area contributed by atoms with E-state index in [1.54, 1.807) is 7.11 Å². The van der Waals surface area contributed by atoms with Crippen LogP contribution in [-0.4, -0.2) is 29.3 Å². The number of carbonyl (C=O) groups is 1. The first kappa shape index (κ1) is 22.0. The van der Waals surface area contributed by atoms with E-state index in [0.29, 0.717) is 5.56 Å². The fourth-order valence-corrected chi connectivity index (χ4v) is 4.66. The van der Waals surface area contributed by atoms with E-state index < -0.39 is 0 Å². The molecule has 172 valence electrons. The number of hydrogen-bond donors (Lipinski definition) is 2. The van der Waals surface area contributed by atoms with Gasteiger partial charge in [-0.3, -0.25) is 9.89 Å². The quantitative estimate of drug-likeness (QED) is 0.384. The number of ether oxygens (including phenoxy) is 1. The molecule has 1 atom stereocenters. The summed E-state index contributed by atoms with van der Waals surface area (Å²) in [6.45, 7) is 2.05. The number of benzene rings is 3. The maximum atomic E-state index is 12.7. The lowest BCUT2D eigenvalue weighted by Gasteiger charge is -2.17. The molecule has 1 heterocycles. The summed E-state index contributed by atoms with van der Waals surface area (Å²) in [5, 5.41) is 11.0. The van der Waals surface area contributed by atoms with E-state index >= 15 is 0 Å². The molecule has 0 saturated carbocycles. The second-order valence-electron chi connectivity index (χ2n) is 8.92. The molecule has 34 heavy (non-hydrogen) atoms. The standard InChI is InChI=1S/C29H29N3O2/c1-19(8-9-20-6-4-3-5-7-20)30-29(33)22-12-10-21(11-13-22)27-26-16-14-23-18-24(34-2)15-17-25(23)28(26)32-31-27/h3-7,10-13,15,17-19H,8-9,14,16H2,1-2H3,(H,30,33)(H,31,32)/t19-/m0/s1. The Morgan fingerprint density at radius 2 is 1.85 bits per heavy atom. The zero-order valence-corrected chi connectivity index (χ0v) is 19.6. The van der Waals surface area contributed by atoms with Crippen molar-refractivity contribution in [2.45, 2.75) is 38.6 Å². The lowest BCUT2D eigenvalue weighted by Crippen LogP contribution is -2.32. The number of fused-ring (bicyclic) bond motifs is 3. The lowest BCUT2D eigenvalue weighted by molar-refractivity contribution is 0.0938. The minimum Gasteiger partial charge on any atom is -0.497 e. The number of methoxy groups -OCH3 is 1. The van der Waals surface area contributed by atoms with Gasteiger partial charge in [0.25, 0.3) is 5.91 Å². The van der Waals surface area contributed by atoms with Crippen molar-refractivity contribution in [3.05, 3.63) is 95.1 Å². The SMILES string of the molecule is COc1ccc2c(c1)CCc1c(-c3ccc(C(=O)N[C@@H](C)CCc4ccccc4)cc3)n[nH]c1-2.